The molecule has 8 heteroatoms. The van der Waals surface area contributed by atoms with Gasteiger partial charge in [0.05, 0.1) is 0 Å². The summed E-state index contributed by atoms with van der Waals surface area (Å²) in [5, 5.41) is 1.71. The maximum absolute atomic E-state index is 12.2. The molecule has 0 spiro atoms. The van der Waals surface area contributed by atoms with Crippen LogP contribution >= 0.6 is 23.4 Å². The first-order chi connectivity index (χ1) is 10.3. The quantitative estimate of drug-likeness (QED) is 0.847. The molecule has 1 atom stereocenters. The molecule has 1 N–H and O–H groups in total. The van der Waals surface area contributed by atoms with E-state index < -0.39 is 11.2 Å². The van der Waals surface area contributed by atoms with Gasteiger partial charge in [0.25, 0.3) is 5.56 Å². The standard InChI is InChI=1S/C14H19ClN4O2S/c1-5-9(3)22-14-16-11-10(19(14)7-6-8(2)15)12(20)17-13(21)18(11)4/h6,9H,5,7H2,1-4H3,(H,17,20,21)/b8-6-/t9-/m1/s1. The van der Waals surface area contributed by atoms with Crippen molar-refractivity contribution in [3.8, 4) is 0 Å². The molecule has 0 aromatic carbocycles. The van der Waals surface area contributed by atoms with Crippen molar-refractivity contribution in [2.24, 2.45) is 7.05 Å². The van der Waals surface area contributed by atoms with Crippen LogP contribution in [-0.4, -0.2) is 24.4 Å². The van der Waals surface area contributed by atoms with Crippen LogP contribution in [0, 0.1) is 0 Å². The van der Waals surface area contributed by atoms with Gasteiger partial charge >= 0.3 is 5.69 Å². The van der Waals surface area contributed by atoms with E-state index in [-0.39, 0.29) is 0 Å². The number of allylic oxidation sites excluding steroid dienone is 2. The van der Waals surface area contributed by atoms with Gasteiger partial charge in [-0.05, 0) is 13.3 Å². The molecule has 0 radical (unpaired) electrons. The largest absolute Gasteiger partial charge is 0.329 e. The Kier molecular flexibility index (Phi) is 5.18. The van der Waals surface area contributed by atoms with Crippen LogP contribution in [0.3, 0.4) is 0 Å². The fraction of sp³-hybridized carbons (Fsp3) is 0.500. The zero-order valence-electron chi connectivity index (χ0n) is 13.0. The van der Waals surface area contributed by atoms with Gasteiger partial charge in [0.1, 0.15) is 0 Å². The molecule has 0 bridgehead atoms. The second kappa shape index (κ2) is 6.75. The number of aryl methyl sites for hydroxylation is 1. The summed E-state index contributed by atoms with van der Waals surface area (Å²) in [6.07, 6.45) is 2.79. The van der Waals surface area contributed by atoms with Gasteiger partial charge in [-0.15, -0.1) is 0 Å². The molecule has 6 nitrogen and oxygen atoms in total. The number of imidazole rings is 1. The Morgan fingerprint density at radius 3 is 2.77 bits per heavy atom. The van der Waals surface area contributed by atoms with Crippen LogP contribution in [0.4, 0.5) is 0 Å². The molecule has 2 rings (SSSR count). The van der Waals surface area contributed by atoms with Gasteiger partial charge in [-0.25, -0.2) is 9.78 Å². The number of hydrogen-bond donors (Lipinski definition) is 1. The smallest absolute Gasteiger partial charge is 0.309 e. The van der Waals surface area contributed by atoms with Crippen LogP contribution in [-0.2, 0) is 13.6 Å². The average molecular weight is 343 g/mol. The minimum absolute atomic E-state index is 0.354. The van der Waals surface area contributed by atoms with Crippen molar-refractivity contribution in [1.82, 2.24) is 19.1 Å². The highest BCUT2D eigenvalue weighted by Crippen LogP contribution is 2.27. The summed E-state index contributed by atoms with van der Waals surface area (Å²) in [7, 11) is 1.60. The van der Waals surface area contributed by atoms with Crippen molar-refractivity contribution < 1.29 is 0 Å². The van der Waals surface area contributed by atoms with Crippen LogP contribution in [0.2, 0.25) is 0 Å². The van der Waals surface area contributed by atoms with E-state index in [0.717, 1.165) is 6.42 Å². The fourth-order valence-corrected chi connectivity index (χ4v) is 2.98. The molecule has 120 valence electrons. The summed E-state index contributed by atoms with van der Waals surface area (Å²) >= 11 is 7.49. The van der Waals surface area contributed by atoms with Crippen molar-refractivity contribution in [3.05, 3.63) is 31.9 Å². The average Bonchev–Trinajstić information content (AvgIpc) is 2.81. The molecule has 0 amide bonds. The number of H-pyrrole nitrogens is 1. The van der Waals surface area contributed by atoms with Gasteiger partial charge < -0.3 is 4.57 Å². The Morgan fingerprint density at radius 2 is 2.18 bits per heavy atom. The first kappa shape index (κ1) is 16.9. The minimum atomic E-state index is -0.466. The lowest BCUT2D eigenvalue weighted by Gasteiger charge is -2.09. The Morgan fingerprint density at radius 1 is 1.50 bits per heavy atom. The van der Waals surface area contributed by atoms with Crippen LogP contribution in [0.25, 0.3) is 11.2 Å². The Bertz CT molecular complexity index is 830. The minimum Gasteiger partial charge on any atom is -0.309 e. The number of thioether (sulfide) groups is 1. The molecule has 0 aliphatic heterocycles. The summed E-state index contributed by atoms with van der Waals surface area (Å²) < 4.78 is 3.15. The van der Waals surface area contributed by atoms with Crippen LogP contribution in [0.5, 0.6) is 0 Å². The highest BCUT2D eigenvalue weighted by Gasteiger charge is 2.18. The number of nitrogens with one attached hydrogen (secondary N) is 1. The second-order valence-electron chi connectivity index (χ2n) is 5.12. The lowest BCUT2D eigenvalue weighted by atomic mass is 10.4. The summed E-state index contributed by atoms with van der Waals surface area (Å²) in [5.41, 5.74) is -0.115. The molecule has 0 saturated carbocycles. The maximum Gasteiger partial charge on any atom is 0.329 e. The van der Waals surface area contributed by atoms with E-state index in [0.29, 0.717) is 33.1 Å². The first-order valence-electron chi connectivity index (χ1n) is 7.03. The highest BCUT2D eigenvalue weighted by molar-refractivity contribution is 7.99. The number of hydrogen-bond acceptors (Lipinski definition) is 4. The predicted molar refractivity (Wildman–Crippen MR) is 90.8 cm³/mol. The van der Waals surface area contributed by atoms with E-state index >= 15 is 0 Å². The molecule has 2 heterocycles. The highest BCUT2D eigenvalue weighted by atomic mass is 35.5. The number of nitrogens with zero attached hydrogens (tertiary/aromatic N) is 3. The number of fused-ring (bicyclic) bond motifs is 1. The van der Waals surface area contributed by atoms with Gasteiger partial charge in [-0.2, -0.15) is 0 Å². The second-order valence-corrected chi connectivity index (χ2v) is 7.12. The molecular formula is C14H19ClN4O2S. The third-order valence-electron chi connectivity index (χ3n) is 3.41. The lowest BCUT2D eigenvalue weighted by Crippen LogP contribution is -2.29. The van der Waals surface area contributed by atoms with Crippen molar-refractivity contribution in [2.75, 3.05) is 0 Å². The monoisotopic (exact) mass is 342 g/mol. The molecule has 0 unspecified atom stereocenters. The first-order valence-corrected chi connectivity index (χ1v) is 8.29. The van der Waals surface area contributed by atoms with Gasteiger partial charge in [0, 0.05) is 23.9 Å². The van der Waals surface area contributed by atoms with E-state index in [1.54, 1.807) is 30.3 Å². The molecular weight excluding hydrogens is 324 g/mol. The van der Waals surface area contributed by atoms with Gasteiger partial charge in [-0.3, -0.25) is 14.3 Å². The number of aromatic nitrogens is 4. The van der Waals surface area contributed by atoms with E-state index in [4.69, 9.17) is 11.6 Å². The molecule has 0 aliphatic rings. The Balaban J connectivity index is 2.72. The summed E-state index contributed by atoms with van der Waals surface area (Å²) in [4.78, 5) is 30.7. The Hall–Kier alpha value is -1.47. The lowest BCUT2D eigenvalue weighted by molar-refractivity contribution is 0.737. The van der Waals surface area contributed by atoms with Crippen LogP contribution in [0.15, 0.2) is 25.9 Å². The van der Waals surface area contributed by atoms with E-state index in [9.17, 15) is 9.59 Å². The molecule has 0 saturated heterocycles. The van der Waals surface area contributed by atoms with E-state index in [1.807, 2.05) is 6.08 Å². The van der Waals surface area contributed by atoms with Crippen LogP contribution < -0.4 is 11.2 Å². The number of aromatic amines is 1. The summed E-state index contributed by atoms with van der Waals surface area (Å²) in [6.45, 7) is 6.41. The zero-order valence-corrected chi connectivity index (χ0v) is 14.6. The van der Waals surface area contributed by atoms with Gasteiger partial charge in [-0.1, -0.05) is 43.3 Å². The zero-order chi connectivity index (χ0) is 16.4. The Labute approximate surface area is 137 Å². The molecule has 2 aromatic rings. The van der Waals surface area contributed by atoms with Crippen LogP contribution in [0.1, 0.15) is 27.2 Å². The fourth-order valence-electron chi connectivity index (χ4n) is 1.95. The number of rotatable bonds is 5. The van der Waals surface area contributed by atoms with Gasteiger partial charge in [0.2, 0.25) is 0 Å². The third kappa shape index (κ3) is 3.30. The third-order valence-corrected chi connectivity index (χ3v) is 4.82. The van der Waals surface area contributed by atoms with Crippen molar-refractivity contribution in [2.45, 2.75) is 44.1 Å². The normalized spacial score (nSPS) is 13.8. The van der Waals surface area contributed by atoms with Crippen molar-refractivity contribution in [1.29, 1.82) is 0 Å². The van der Waals surface area contributed by atoms with Crippen molar-refractivity contribution >= 4 is 34.5 Å². The van der Waals surface area contributed by atoms with Crippen molar-refractivity contribution in [3.63, 3.8) is 0 Å². The molecule has 22 heavy (non-hydrogen) atoms. The number of halogens is 1. The maximum atomic E-state index is 12.2. The molecule has 0 fully saturated rings. The SMILES string of the molecule is CC[C@@H](C)Sc1nc2c(c(=O)[nH]c(=O)n2C)n1C/C=C(/C)Cl. The van der Waals surface area contributed by atoms with Gasteiger partial charge in [0.15, 0.2) is 16.3 Å². The molecule has 2 aromatic heterocycles. The summed E-state index contributed by atoms with van der Waals surface area (Å²) in [5.74, 6) is 0. The van der Waals surface area contributed by atoms with E-state index in [2.05, 4.69) is 23.8 Å². The molecule has 0 aliphatic carbocycles. The topological polar surface area (TPSA) is 72.7 Å². The predicted octanol–water partition coefficient (Wildman–Crippen LogP) is 2.46. The summed E-state index contributed by atoms with van der Waals surface area (Å²) in [6, 6.07) is 0. The van der Waals surface area contributed by atoms with E-state index in [1.165, 1.54) is 4.57 Å².